The van der Waals surface area contributed by atoms with E-state index in [9.17, 15) is 14.4 Å². The SMILES string of the molecule is CCCC[C@@H]1C(=O)N(C)CCN1C(=O)NCc1nc(C(=O)NC)no1. The van der Waals surface area contributed by atoms with Crippen molar-refractivity contribution in [1.82, 2.24) is 30.6 Å². The molecule has 0 aliphatic carbocycles. The molecule has 25 heavy (non-hydrogen) atoms. The Morgan fingerprint density at radius 1 is 1.36 bits per heavy atom. The second-order valence-corrected chi connectivity index (χ2v) is 5.86. The standard InChI is InChI=1S/C15H24N6O4/c1-4-5-6-10-14(23)20(3)7-8-21(10)15(24)17-9-11-18-12(19-25-11)13(22)16-2/h10H,4-9H2,1-3H3,(H,16,22)(H,17,24)/t10-/m1/s1. The number of rotatable bonds is 6. The number of urea groups is 1. The second kappa shape index (κ2) is 8.45. The predicted molar refractivity (Wildman–Crippen MR) is 87.6 cm³/mol. The van der Waals surface area contributed by atoms with Gasteiger partial charge in [0, 0.05) is 27.2 Å². The van der Waals surface area contributed by atoms with Crippen molar-refractivity contribution >= 4 is 17.8 Å². The van der Waals surface area contributed by atoms with E-state index < -0.39 is 11.9 Å². The zero-order valence-electron chi connectivity index (χ0n) is 14.7. The monoisotopic (exact) mass is 352 g/mol. The molecule has 0 spiro atoms. The summed E-state index contributed by atoms with van der Waals surface area (Å²) in [6.45, 7) is 3.00. The molecule has 0 unspecified atom stereocenters. The van der Waals surface area contributed by atoms with Gasteiger partial charge in [0.15, 0.2) is 0 Å². The Morgan fingerprint density at radius 2 is 2.12 bits per heavy atom. The summed E-state index contributed by atoms with van der Waals surface area (Å²) in [5, 5.41) is 8.58. The molecule has 1 aromatic heterocycles. The highest BCUT2D eigenvalue weighted by Gasteiger charge is 2.35. The maximum atomic E-state index is 12.5. The van der Waals surface area contributed by atoms with E-state index in [-0.39, 0.29) is 30.2 Å². The summed E-state index contributed by atoms with van der Waals surface area (Å²) in [6, 6.07) is -0.815. The van der Waals surface area contributed by atoms with Crippen LogP contribution in [0.5, 0.6) is 0 Å². The number of unbranched alkanes of at least 4 members (excludes halogenated alkanes) is 1. The van der Waals surface area contributed by atoms with Crippen LogP contribution in [0.2, 0.25) is 0 Å². The molecule has 0 radical (unpaired) electrons. The Morgan fingerprint density at radius 3 is 2.80 bits per heavy atom. The molecule has 1 fully saturated rings. The number of amides is 4. The van der Waals surface area contributed by atoms with Crippen molar-refractivity contribution in [3.05, 3.63) is 11.7 Å². The van der Waals surface area contributed by atoms with Crippen LogP contribution in [-0.2, 0) is 11.3 Å². The third-order valence-electron chi connectivity index (χ3n) is 4.09. The fraction of sp³-hybridized carbons (Fsp3) is 0.667. The zero-order chi connectivity index (χ0) is 18.4. The maximum Gasteiger partial charge on any atom is 0.318 e. The van der Waals surface area contributed by atoms with Gasteiger partial charge in [-0.05, 0) is 6.42 Å². The van der Waals surface area contributed by atoms with E-state index in [1.165, 1.54) is 7.05 Å². The summed E-state index contributed by atoms with van der Waals surface area (Å²) in [5.74, 6) is -0.486. The van der Waals surface area contributed by atoms with Crippen molar-refractivity contribution in [1.29, 1.82) is 0 Å². The number of carbonyl (C=O) groups excluding carboxylic acids is 3. The van der Waals surface area contributed by atoms with Gasteiger partial charge in [-0.2, -0.15) is 4.98 Å². The molecule has 10 nitrogen and oxygen atoms in total. The third kappa shape index (κ3) is 4.46. The highest BCUT2D eigenvalue weighted by Crippen LogP contribution is 2.16. The number of aromatic nitrogens is 2. The summed E-state index contributed by atoms with van der Waals surface area (Å²) < 4.78 is 4.92. The first-order valence-electron chi connectivity index (χ1n) is 8.32. The van der Waals surface area contributed by atoms with E-state index >= 15 is 0 Å². The molecule has 1 aromatic rings. The van der Waals surface area contributed by atoms with E-state index in [1.807, 2.05) is 6.92 Å². The van der Waals surface area contributed by atoms with Gasteiger partial charge >= 0.3 is 6.03 Å². The van der Waals surface area contributed by atoms with Gasteiger partial charge in [0.25, 0.3) is 11.7 Å². The van der Waals surface area contributed by atoms with Crippen LogP contribution >= 0.6 is 0 Å². The lowest BCUT2D eigenvalue weighted by atomic mass is 10.0. The van der Waals surface area contributed by atoms with Crippen molar-refractivity contribution in [2.24, 2.45) is 0 Å². The highest BCUT2D eigenvalue weighted by molar-refractivity contribution is 5.90. The number of nitrogens with zero attached hydrogens (tertiary/aromatic N) is 4. The predicted octanol–water partition coefficient (Wildman–Crippen LogP) is -0.0284. The molecular formula is C15H24N6O4. The molecule has 138 valence electrons. The van der Waals surface area contributed by atoms with Gasteiger partial charge in [-0.15, -0.1) is 0 Å². The number of piperazine rings is 1. The Labute approximate surface area is 145 Å². The third-order valence-corrected chi connectivity index (χ3v) is 4.09. The van der Waals surface area contributed by atoms with E-state index in [1.54, 1.807) is 16.8 Å². The van der Waals surface area contributed by atoms with Crippen molar-refractivity contribution in [2.75, 3.05) is 27.2 Å². The van der Waals surface area contributed by atoms with Crippen LogP contribution in [0.3, 0.4) is 0 Å². The van der Waals surface area contributed by atoms with Crippen LogP contribution in [0.1, 0.15) is 42.7 Å². The molecule has 10 heteroatoms. The first kappa shape index (κ1) is 18.7. The van der Waals surface area contributed by atoms with Crippen molar-refractivity contribution in [3.63, 3.8) is 0 Å². The molecule has 2 heterocycles. The first-order chi connectivity index (χ1) is 12.0. The van der Waals surface area contributed by atoms with Crippen molar-refractivity contribution in [2.45, 2.75) is 38.8 Å². The van der Waals surface area contributed by atoms with Gasteiger partial charge < -0.3 is 25.0 Å². The number of likely N-dealkylation sites (N-methyl/N-ethyl adjacent to an activating group) is 1. The Balaban J connectivity index is 1.97. The molecule has 1 atom stereocenters. The molecule has 1 aliphatic heterocycles. The smallest absolute Gasteiger partial charge is 0.318 e. The second-order valence-electron chi connectivity index (χ2n) is 5.86. The topological polar surface area (TPSA) is 121 Å². The molecule has 2 N–H and O–H groups in total. The van der Waals surface area contributed by atoms with Gasteiger partial charge in [0.2, 0.25) is 11.8 Å². The van der Waals surface area contributed by atoms with E-state index in [4.69, 9.17) is 4.52 Å². The summed E-state index contributed by atoms with van der Waals surface area (Å²) in [5.41, 5.74) is 0. The van der Waals surface area contributed by atoms with Crippen LogP contribution < -0.4 is 10.6 Å². The fourth-order valence-electron chi connectivity index (χ4n) is 2.61. The number of carbonyl (C=O) groups is 3. The lowest BCUT2D eigenvalue weighted by molar-refractivity contribution is -0.138. The highest BCUT2D eigenvalue weighted by atomic mass is 16.5. The normalized spacial score (nSPS) is 17.6. The lowest BCUT2D eigenvalue weighted by Gasteiger charge is -2.39. The van der Waals surface area contributed by atoms with Crippen LogP contribution in [0.4, 0.5) is 4.79 Å². The van der Waals surface area contributed by atoms with E-state index in [0.29, 0.717) is 19.5 Å². The van der Waals surface area contributed by atoms with E-state index in [0.717, 1.165) is 12.8 Å². The molecule has 2 rings (SSSR count). The zero-order valence-corrected chi connectivity index (χ0v) is 14.7. The largest absolute Gasteiger partial charge is 0.352 e. The van der Waals surface area contributed by atoms with Gasteiger partial charge in [0.05, 0.1) is 6.54 Å². The molecule has 0 bridgehead atoms. The number of hydrogen-bond acceptors (Lipinski definition) is 6. The summed E-state index contributed by atoms with van der Waals surface area (Å²) in [6.07, 6.45) is 2.45. The number of nitrogens with one attached hydrogen (secondary N) is 2. The summed E-state index contributed by atoms with van der Waals surface area (Å²) >= 11 is 0. The van der Waals surface area contributed by atoms with Gasteiger partial charge in [-0.25, -0.2) is 4.79 Å². The fourth-order valence-corrected chi connectivity index (χ4v) is 2.61. The van der Waals surface area contributed by atoms with Crippen LogP contribution in [0.15, 0.2) is 4.52 Å². The maximum absolute atomic E-state index is 12.5. The summed E-state index contributed by atoms with van der Waals surface area (Å²) in [4.78, 5) is 43.3. The Hall–Kier alpha value is -2.65. The average molecular weight is 352 g/mol. The average Bonchev–Trinajstić information content (AvgIpc) is 3.09. The minimum Gasteiger partial charge on any atom is -0.352 e. The van der Waals surface area contributed by atoms with Crippen LogP contribution in [0.25, 0.3) is 0 Å². The molecule has 0 saturated carbocycles. The van der Waals surface area contributed by atoms with Gasteiger partial charge in [-0.1, -0.05) is 24.9 Å². The van der Waals surface area contributed by atoms with Crippen molar-refractivity contribution in [3.8, 4) is 0 Å². The number of hydrogen-bond donors (Lipinski definition) is 2. The van der Waals surface area contributed by atoms with Gasteiger partial charge in [0.1, 0.15) is 6.04 Å². The minimum absolute atomic E-state index is 0.0101. The Kier molecular flexibility index (Phi) is 6.31. The molecule has 4 amide bonds. The molecule has 0 aromatic carbocycles. The minimum atomic E-state index is -0.467. The molecule has 1 aliphatic rings. The van der Waals surface area contributed by atoms with Crippen LogP contribution in [-0.4, -0.2) is 71.0 Å². The van der Waals surface area contributed by atoms with Crippen LogP contribution in [0, 0.1) is 0 Å². The van der Waals surface area contributed by atoms with E-state index in [2.05, 4.69) is 20.8 Å². The summed E-state index contributed by atoms with van der Waals surface area (Å²) in [7, 11) is 3.20. The molecule has 1 saturated heterocycles. The molecular weight excluding hydrogens is 328 g/mol. The first-order valence-corrected chi connectivity index (χ1v) is 8.32. The quantitative estimate of drug-likeness (QED) is 0.742. The Bertz CT molecular complexity index is 631. The lowest BCUT2D eigenvalue weighted by Crippen LogP contribution is -2.59. The van der Waals surface area contributed by atoms with Gasteiger partial charge in [-0.3, -0.25) is 9.59 Å². The van der Waals surface area contributed by atoms with Crippen molar-refractivity contribution < 1.29 is 18.9 Å².